The third-order valence-electron chi connectivity index (χ3n) is 2.30. The summed E-state index contributed by atoms with van der Waals surface area (Å²) < 4.78 is 5.69. The van der Waals surface area contributed by atoms with Gasteiger partial charge in [0.05, 0.1) is 29.5 Å². The van der Waals surface area contributed by atoms with Crippen molar-refractivity contribution in [3.8, 4) is 0 Å². The van der Waals surface area contributed by atoms with Crippen molar-refractivity contribution < 1.29 is 4.74 Å². The normalized spacial score (nSPS) is 13.4. The Bertz CT molecular complexity index is 323. The summed E-state index contributed by atoms with van der Waals surface area (Å²) in [5, 5.41) is 4.58. The Morgan fingerprint density at radius 2 is 2.06 bits per heavy atom. The number of likely N-dealkylation sites (N-methyl/N-ethyl adjacent to an activating group) is 1. The molecular weight excluding hydrogens is 220 g/mol. The Labute approximate surface area is 102 Å². The maximum absolute atomic E-state index is 5.69. The molecule has 1 heterocycles. The molecule has 0 bridgehead atoms. The van der Waals surface area contributed by atoms with Crippen LogP contribution in [-0.4, -0.2) is 24.2 Å². The minimum absolute atomic E-state index is 0.274. The van der Waals surface area contributed by atoms with Gasteiger partial charge in [-0.1, -0.05) is 6.92 Å². The van der Waals surface area contributed by atoms with Gasteiger partial charge in [0.25, 0.3) is 0 Å². The second-order valence-corrected chi connectivity index (χ2v) is 5.41. The van der Waals surface area contributed by atoms with E-state index in [0.29, 0.717) is 6.61 Å². The van der Waals surface area contributed by atoms with E-state index in [1.807, 2.05) is 6.92 Å². The molecule has 0 aromatic carbocycles. The summed E-state index contributed by atoms with van der Waals surface area (Å²) in [6, 6.07) is 0.276. The molecule has 4 heteroatoms. The van der Waals surface area contributed by atoms with Crippen LogP contribution in [0.15, 0.2) is 0 Å². The highest BCUT2D eigenvalue weighted by Crippen LogP contribution is 2.25. The average molecular weight is 242 g/mol. The number of ether oxygens (including phenoxy) is 1. The van der Waals surface area contributed by atoms with E-state index in [-0.39, 0.29) is 12.1 Å². The van der Waals surface area contributed by atoms with Gasteiger partial charge >= 0.3 is 0 Å². The minimum Gasteiger partial charge on any atom is -0.377 e. The Kier molecular flexibility index (Phi) is 5.38. The quantitative estimate of drug-likeness (QED) is 0.833. The van der Waals surface area contributed by atoms with Crippen LogP contribution < -0.4 is 5.32 Å². The molecule has 1 aromatic rings. The molecular formula is C12H22N2OS. The number of nitrogens with zero attached hydrogens (tertiary/aromatic N) is 1. The molecule has 16 heavy (non-hydrogen) atoms. The lowest BCUT2D eigenvalue weighted by atomic mass is 10.2. The molecule has 0 fully saturated rings. The monoisotopic (exact) mass is 242 g/mol. The third-order valence-corrected chi connectivity index (χ3v) is 3.49. The molecule has 0 saturated heterocycles. The van der Waals surface area contributed by atoms with E-state index in [1.54, 1.807) is 11.3 Å². The van der Waals surface area contributed by atoms with E-state index in [0.717, 1.165) is 17.2 Å². The molecule has 0 radical (unpaired) electrons. The van der Waals surface area contributed by atoms with Gasteiger partial charge in [-0.2, -0.15) is 0 Å². The van der Waals surface area contributed by atoms with Crippen molar-refractivity contribution in [3.63, 3.8) is 0 Å². The summed E-state index contributed by atoms with van der Waals surface area (Å²) in [5.74, 6) is 0. The van der Waals surface area contributed by atoms with Gasteiger partial charge in [0.15, 0.2) is 0 Å². The molecule has 1 aromatic heterocycles. The van der Waals surface area contributed by atoms with Gasteiger partial charge in [0, 0.05) is 4.88 Å². The van der Waals surface area contributed by atoms with Crippen LogP contribution in [-0.2, 0) is 4.74 Å². The number of nitrogens with one attached hydrogen (secondary N) is 1. The van der Waals surface area contributed by atoms with Crippen molar-refractivity contribution in [2.75, 3.05) is 13.2 Å². The van der Waals surface area contributed by atoms with Crippen molar-refractivity contribution in [2.45, 2.75) is 46.8 Å². The molecule has 3 nitrogen and oxygen atoms in total. The highest BCUT2D eigenvalue weighted by molar-refractivity contribution is 7.11. The third kappa shape index (κ3) is 3.85. The second-order valence-electron chi connectivity index (χ2n) is 4.17. The summed E-state index contributed by atoms with van der Waals surface area (Å²) >= 11 is 1.76. The number of rotatable bonds is 6. The van der Waals surface area contributed by atoms with Crippen LogP contribution in [0.2, 0.25) is 0 Å². The number of aromatic nitrogens is 1. The predicted octanol–water partition coefficient (Wildman–Crippen LogP) is 2.84. The molecule has 1 rings (SSSR count). The van der Waals surface area contributed by atoms with Crippen LogP contribution in [0.5, 0.6) is 0 Å². The minimum atomic E-state index is 0.274. The van der Waals surface area contributed by atoms with Crippen molar-refractivity contribution in [1.29, 1.82) is 0 Å². The zero-order valence-electron chi connectivity index (χ0n) is 10.8. The van der Waals surface area contributed by atoms with Gasteiger partial charge in [-0.25, -0.2) is 4.98 Å². The fourth-order valence-electron chi connectivity index (χ4n) is 1.63. The summed E-state index contributed by atoms with van der Waals surface area (Å²) in [7, 11) is 0. The molecule has 0 saturated carbocycles. The topological polar surface area (TPSA) is 34.1 Å². The van der Waals surface area contributed by atoms with Crippen LogP contribution >= 0.6 is 11.3 Å². The molecule has 1 atom stereocenters. The zero-order chi connectivity index (χ0) is 12.1. The molecule has 0 aliphatic heterocycles. The number of hydrogen-bond acceptors (Lipinski definition) is 4. The Hall–Kier alpha value is -0.450. The highest BCUT2D eigenvalue weighted by atomic mass is 32.1. The summed E-state index contributed by atoms with van der Waals surface area (Å²) in [4.78, 5) is 5.77. The molecule has 92 valence electrons. The second kappa shape index (κ2) is 6.33. The van der Waals surface area contributed by atoms with Gasteiger partial charge < -0.3 is 10.1 Å². The van der Waals surface area contributed by atoms with Crippen LogP contribution in [0.3, 0.4) is 0 Å². The van der Waals surface area contributed by atoms with Gasteiger partial charge in [-0.15, -0.1) is 11.3 Å². The lowest BCUT2D eigenvalue weighted by Gasteiger charge is -2.18. The van der Waals surface area contributed by atoms with Crippen LogP contribution in [0.1, 0.15) is 42.4 Å². The molecule has 1 unspecified atom stereocenters. The zero-order valence-corrected chi connectivity index (χ0v) is 11.6. The summed E-state index contributed by atoms with van der Waals surface area (Å²) in [6.45, 7) is 12.0. The fraction of sp³-hybridized carbons (Fsp3) is 0.750. The van der Waals surface area contributed by atoms with Crippen LogP contribution in [0.4, 0.5) is 0 Å². The molecule has 0 spiro atoms. The van der Waals surface area contributed by atoms with Gasteiger partial charge in [-0.05, 0) is 34.2 Å². The maximum Gasteiger partial charge on any atom is 0.0900 e. The van der Waals surface area contributed by atoms with Crippen LogP contribution in [0.25, 0.3) is 0 Å². The highest BCUT2D eigenvalue weighted by Gasteiger charge is 2.17. The van der Waals surface area contributed by atoms with Crippen molar-refractivity contribution in [1.82, 2.24) is 10.3 Å². The summed E-state index contributed by atoms with van der Waals surface area (Å²) in [5.41, 5.74) is 1.13. The van der Waals surface area contributed by atoms with Crippen molar-refractivity contribution in [3.05, 3.63) is 15.6 Å². The Morgan fingerprint density at radius 3 is 2.50 bits per heavy atom. The van der Waals surface area contributed by atoms with Gasteiger partial charge in [0.2, 0.25) is 0 Å². The molecule has 1 N–H and O–H groups in total. The maximum atomic E-state index is 5.69. The number of hydrogen-bond donors (Lipinski definition) is 1. The first kappa shape index (κ1) is 13.6. The fourth-order valence-corrected chi connectivity index (χ4v) is 2.62. The molecule has 0 amide bonds. The first-order valence-electron chi connectivity index (χ1n) is 5.83. The van der Waals surface area contributed by atoms with E-state index in [2.05, 4.69) is 38.0 Å². The first-order valence-corrected chi connectivity index (χ1v) is 6.65. The lowest BCUT2D eigenvalue weighted by Crippen LogP contribution is -2.26. The van der Waals surface area contributed by atoms with E-state index in [4.69, 9.17) is 4.74 Å². The van der Waals surface area contributed by atoms with Crippen molar-refractivity contribution >= 4 is 11.3 Å². The van der Waals surface area contributed by atoms with E-state index < -0.39 is 0 Å². The predicted molar refractivity (Wildman–Crippen MR) is 69.1 cm³/mol. The lowest BCUT2D eigenvalue weighted by molar-refractivity contribution is 0.0619. The van der Waals surface area contributed by atoms with E-state index in [9.17, 15) is 0 Å². The molecule has 0 aliphatic rings. The van der Waals surface area contributed by atoms with Crippen molar-refractivity contribution in [2.24, 2.45) is 0 Å². The Morgan fingerprint density at radius 1 is 1.38 bits per heavy atom. The first-order chi connectivity index (χ1) is 7.54. The number of aryl methyl sites for hydroxylation is 2. The molecule has 0 aliphatic carbocycles. The van der Waals surface area contributed by atoms with Gasteiger partial charge in [-0.3, -0.25) is 0 Å². The average Bonchev–Trinajstić information content (AvgIpc) is 2.52. The standard InChI is InChI=1S/C12H22N2OS/c1-6-13-11(7-15-8(2)3)12-9(4)14-10(5)16-12/h8,11,13H,6-7H2,1-5H3. The smallest absolute Gasteiger partial charge is 0.0900 e. The van der Waals surface area contributed by atoms with E-state index >= 15 is 0 Å². The largest absolute Gasteiger partial charge is 0.377 e. The SMILES string of the molecule is CCNC(COC(C)C)c1sc(C)nc1C. The summed E-state index contributed by atoms with van der Waals surface area (Å²) in [6.07, 6.45) is 0.274. The van der Waals surface area contributed by atoms with Crippen LogP contribution in [0, 0.1) is 13.8 Å². The van der Waals surface area contributed by atoms with Gasteiger partial charge in [0.1, 0.15) is 0 Å². The number of thiazole rings is 1. The van der Waals surface area contributed by atoms with E-state index in [1.165, 1.54) is 4.88 Å². The Balaban J connectivity index is 2.72.